The second-order valence-electron chi connectivity index (χ2n) is 7.92. The Hall–Kier alpha value is -1.28. The molecule has 0 unspecified atom stereocenters. The Balaban J connectivity index is 1.55. The zero-order valence-corrected chi connectivity index (χ0v) is 17.1. The van der Waals surface area contributed by atoms with Gasteiger partial charge in [-0.25, -0.2) is 4.39 Å². The predicted octanol–water partition coefficient (Wildman–Crippen LogP) is 7.72. The van der Waals surface area contributed by atoms with E-state index in [1.165, 1.54) is 54.5 Å². The third kappa shape index (κ3) is 4.91. The molecule has 1 fully saturated rings. The SMILES string of the molecule is CCCc1ccc(SC2CCC(c3ccc(C(C)C)c(F)c3)CC2)cc1. The molecule has 0 saturated heterocycles. The van der Waals surface area contributed by atoms with E-state index in [1.54, 1.807) is 6.07 Å². The van der Waals surface area contributed by atoms with Crippen molar-refractivity contribution in [2.45, 2.75) is 81.3 Å². The molecule has 0 aliphatic heterocycles. The van der Waals surface area contributed by atoms with Crippen LogP contribution in [0.2, 0.25) is 0 Å². The van der Waals surface area contributed by atoms with Crippen molar-refractivity contribution in [3.63, 3.8) is 0 Å². The molecule has 1 aliphatic rings. The zero-order chi connectivity index (χ0) is 18.5. The molecule has 3 rings (SSSR count). The number of hydrogen-bond donors (Lipinski definition) is 0. The van der Waals surface area contributed by atoms with Crippen molar-refractivity contribution in [3.8, 4) is 0 Å². The van der Waals surface area contributed by atoms with Crippen molar-refractivity contribution in [2.75, 3.05) is 0 Å². The van der Waals surface area contributed by atoms with Crippen molar-refractivity contribution in [3.05, 3.63) is 65.0 Å². The molecule has 0 nitrogen and oxygen atoms in total. The van der Waals surface area contributed by atoms with Crippen molar-refractivity contribution >= 4 is 11.8 Å². The minimum Gasteiger partial charge on any atom is -0.207 e. The lowest BCUT2D eigenvalue weighted by Crippen LogP contribution is -2.15. The van der Waals surface area contributed by atoms with Gasteiger partial charge in [-0.3, -0.25) is 0 Å². The molecule has 0 heterocycles. The molecule has 0 aromatic heterocycles. The van der Waals surface area contributed by atoms with Crippen molar-refractivity contribution in [2.24, 2.45) is 0 Å². The van der Waals surface area contributed by atoms with Crippen LogP contribution >= 0.6 is 11.8 Å². The van der Waals surface area contributed by atoms with Gasteiger partial charge in [0.25, 0.3) is 0 Å². The molecule has 1 aliphatic carbocycles. The van der Waals surface area contributed by atoms with Gasteiger partial charge in [0.1, 0.15) is 5.82 Å². The normalized spacial score (nSPS) is 20.5. The molecule has 0 radical (unpaired) electrons. The molecule has 2 aromatic carbocycles. The average Bonchev–Trinajstić information content (AvgIpc) is 2.64. The van der Waals surface area contributed by atoms with E-state index < -0.39 is 0 Å². The Labute approximate surface area is 162 Å². The van der Waals surface area contributed by atoms with Gasteiger partial charge in [0.2, 0.25) is 0 Å². The fraction of sp³-hybridized carbons (Fsp3) is 0.500. The highest BCUT2D eigenvalue weighted by molar-refractivity contribution is 8.00. The molecule has 26 heavy (non-hydrogen) atoms. The molecular formula is C24H31FS. The Morgan fingerprint density at radius 2 is 1.69 bits per heavy atom. The summed E-state index contributed by atoms with van der Waals surface area (Å²) in [7, 11) is 0. The number of rotatable bonds is 6. The monoisotopic (exact) mass is 370 g/mol. The first kappa shape index (κ1) is 19.5. The van der Waals surface area contributed by atoms with Gasteiger partial charge in [0, 0.05) is 10.1 Å². The van der Waals surface area contributed by atoms with Gasteiger partial charge >= 0.3 is 0 Å². The second-order valence-corrected chi connectivity index (χ2v) is 9.29. The first-order valence-electron chi connectivity index (χ1n) is 10.1. The van der Waals surface area contributed by atoms with E-state index in [9.17, 15) is 4.39 Å². The summed E-state index contributed by atoms with van der Waals surface area (Å²) in [5.41, 5.74) is 3.47. The van der Waals surface area contributed by atoms with Crippen molar-refractivity contribution < 1.29 is 4.39 Å². The molecule has 0 atom stereocenters. The van der Waals surface area contributed by atoms with Crippen LogP contribution in [0.15, 0.2) is 47.4 Å². The summed E-state index contributed by atoms with van der Waals surface area (Å²) in [4.78, 5) is 1.39. The first-order chi connectivity index (χ1) is 12.6. The van der Waals surface area contributed by atoms with E-state index in [0.29, 0.717) is 11.2 Å². The number of aryl methyl sites for hydroxylation is 1. The minimum atomic E-state index is -0.0267. The summed E-state index contributed by atoms with van der Waals surface area (Å²) in [6.45, 7) is 6.33. The largest absolute Gasteiger partial charge is 0.207 e. The molecular weight excluding hydrogens is 339 g/mol. The number of hydrogen-bond acceptors (Lipinski definition) is 1. The van der Waals surface area contributed by atoms with Gasteiger partial charge in [0.05, 0.1) is 0 Å². The van der Waals surface area contributed by atoms with Crippen LogP contribution in [-0.4, -0.2) is 5.25 Å². The lowest BCUT2D eigenvalue weighted by atomic mass is 9.83. The van der Waals surface area contributed by atoms with Crippen LogP contribution in [0, 0.1) is 5.82 Å². The van der Waals surface area contributed by atoms with E-state index in [0.717, 1.165) is 5.56 Å². The van der Waals surface area contributed by atoms with Crippen LogP contribution in [0.4, 0.5) is 4.39 Å². The van der Waals surface area contributed by atoms with Gasteiger partial charge in [-0.1, -0.05) is 51.5 Å². The Kier molecular flexibility index (Phi) is 6.80. The first-order valence-corrected chi connectivity index (χ1v) is 11.0. The maximum Gasteiger partial charge on any atom is 0.126 e. The maximum absolute atomic E-state index is 14.3. The van der Waals surface area contributed by atoms with E-state index >= 15 is 0 Å². The van der Waals surface area contributed by atoms with Crippen molar-refractivity contribution in [1.82, 2.24) is 0 Å². The molecule has 2 heteroatoms. The highest BCUT2D eigenvalue weighted by Gasteiger charge is 2.24. The predicted molar refractivity (Wildman–Crippen MR) is 112 cm³/mol. The summed E-state index contributed by atoms with van der Waals surface area (Å²) in [6, 6.07) is 15.0. The maximum atomic E-state index is 14.3. The summed E-state index contributed by atoms with van der Waals surface area (Å²) in [5.74, 6) is 0.746. The van der Waals surface area contributed by atoms with Gasteiger partial charge in [0.15, 0.2) is 0 Å². The van der Waals surface area contributed by atoms with Gasteiger partial charge < -0.3 is 0 Å². The fourth-order valence-corrected chi connectivity index (χ4v) is 5.18. The highest BCUT2D eigenvalue weighted by Crippen LogP contribution is 2.40. The van der Waals surface area contributed by atoms with Gasteiger partial charge in [-0.15, -0.1) is 11.8 Å². The smallest absolute Gasteiger partial charge is 0.126 e. The summed E-state index contributed by atoms with van der Waals surface area (Å²) >= 11 is 2.02. The standard InChI is InChI=1S/C24H31FS/c1-4-5-18-6-11-21(12-7-18)26-22-13-8-19(9-14-22)20-10-15-23(17(2)3)24(25)16-20/h6-7,10-12,15-17,19,22H,4-5,8-9,13-14H2,1-3H3. The summed E-state index contributed by atoms with van der Waals surface area (Å²) in [5, 5.41) is 0.697. The van der Waals surface area contributed by atoms with E-state index in [2.05, 4.69) is 51.1 Å². The molecule has 140 valence electrons. The molecule has 0 N–H and O–H groups in total. The lowest BCUT2D eigenvalue weighted by Gasteiger charge is -2.28. The number of halogens is 1. The van der Waals surface area contributed by atoms with Crippen LogP contribution in [0.5, 0.6) is 0 Å². The number of benzene rings is 2. The molecule has 1 saturated carbocycles. The lowest BCUT2D eigenvalue weighted by molar-refractivity contribution is 0.451. The Morgan fingerprint density at radius 1 is 1.00 bits per heavy atom. The molecule has 0 amide bonds. The van der Waals surface area contributed by atoms with E-state index in [4.69, 9.17) is 0 Å². The Bertz CT molecular complexity index is 697. The fourth-order valence-electron chi connectivity index (χ4n) is 4.00. The zero-order valence-electron chi connectivity index (χ0n) is 16.3. The topological polar surface area (TPSA) is 0 Å². The summed E-state index contributed by atoms with van der Waals surface area (Å²) in [6.07, 6.45) is 7.16. The van der Waals surface area contributed by atoms with Crippen LogP contribution in [0.1, 0.15) is 81.4 Å². The molecule has 2 aromatic rings. The van der Waals surface area contributed by atoms with Crippen LogP contribution < -0.4 is 0 Å². The van der Waals surface area contributed by atoms with E-state index in [1.807, 2.05) is 17.8 Å². The quantitative estimate of drug-likeness (QED) is 0.501. The van der Waals surface area contributed by atoms with Gasteiger partial charge in [-0.2, -0.15) is 0 Å². The Morgan fingerprint density at radius 3 is 2.27 bits per heavy atom. The minimum absolute atomic E-state index is 0.0267. The van der Waals surface area contributed by atoms with Crippen LogP contribution in [0.3, 0.4) is 0 Å². The average molecular weight is 371 g/mol. The second kappa shape index (κ2) is 9.08. The molecule has 0 spiro atoms. The molecule has 0 bridgehead atoms. The van der Waals surface area contributed by atoms with Crippen molar-refractivity contribution in [1.29, 1.82) is 0 Å². The summed E-state index contributed by atoms with van der Waals surface area (Å²) < 4.78 is 14.3. The highest BCUT2D eigenvalue weighted by atomic mass is 32.2. The number of thioether (sulfide) groups is 1. The third-order valence-corrected chi connectivity index (χ3v) is 6.91. The third-order valence-electron chi connectivity index (χ3n) is 5.56. The van der Waals surface area contributed by atoms with Crippen LogP contribution in [0.25, 0.3) is 0 Å². The van der Waals surface area contributed by atoms with Gasteiger partial charge in [-0.05, 0) is 78.8 Å². The van der Waals surface area contributed by atoms with E-state index in [-0.39, 0.29) is 11.7 Å². The van der Waals surface area contributed by atoms with Crippen LogP contribution in [-0.2, 0) is 6.42 Å².